The second-order valence-corrected chi connectivity index (χ2v) is 7.54. The van der Waals surface area contributed by atoms with E-state index in [0.717, 1.165) is 12.1 Å². The normalized spacial score (nSPS) is 12.4. The van der Waals surface area contributed by atoms with Crippen molar-refractivity contribution in [3.8, 4) is 0 Å². The Morgan fingerprint density at radius 2 is 1.74 bits per heavy atom. The summed E-state index contributed by atoms with van der Waals surface area (Å²) in [6, 6.07) is 4.10. The van der Waals surface area contributed by atoms with Crippen LogP contribution in [0.15, 0.2) is 24.3 Å². The van der Waals surface area contributed by atoms with Gasteiger partial charge in [0, 0.05) is 18.7 Å². The summed E-state index contributed by atoms with van der Waals surface area (Å²) in [7, 11) is -3.36. The van der Waals surface area contributed by atoms with Gasteiger partial charge in [0.05, 0.1) is 10.8 Å². The molecule has 0 aliphatic carbocycles. The predicted octanol–water partition coefficient (Wildman–Crippen LogP) is 2.75. The molecule has 0 fully saturated rings. The Balaban J connectivity index is 2.40. The maximum atomic E-state index is 12.4. The number of nitrogens with one attached hydrogen (secondary N) is 2. The van der Waals surface area contributed by atoms with Gasteiger partial charge in [-0.05, 0) is 44.5 Å². The number of sulfonamides is 1. The molecule has 0 radical (unpaired) electrons. The zero-order valence-corrected chi connectivity index (χ0v) is 13.6. The number of carbonyl (C=O) groups excluding carboxylic acids is 1. The summed E-state index contributed by atoms with van der Waals surface area (Å²) in [5.41, 5.74) is -0.538. The van der Waals surface area contributed by atoms with Crippen molar-refractivity contribution in [1.29, 1.82) is 0 Å². The Hall–Kier alpha value is -1.61. The number of amides is 1. The van der Waals surface area contributed by atoms with Crippen molar-refractivity contribution in [2.45, 2.75) is 38.1 Å². The lowest BCUT2D eigenvalue weighted by atomic mass is 10.2. The lowest BCUT2D eigenvalue weighted by Gasteiger charge is -2.10. The van der Waals surface area contributed by atoms with Crippen LogP contribution < -0.4 is 10.0 Å². The van der Waals surface area contributed by atoms with E-state index in [1.54, 1.807) is 13.8 Å². The topological polar surface area (TPSA) is 75.3 Å². The van der Waals surface area contributed by atoms with Gasteiger partial charge < -0.3 is 5.32 Å². The fourth-order valence-corrected chi connectivity index (χ4v) is 2.36. The quantitative estimate of drug-likeness (QED) is 0.741. The van der Waals surface area contributed by atoms with E-state index in [9.17, 15) is 26.4 Å². The minimum Gasteiger partial charge on any atom is -0.326 e. The molecule has 0 aliphatic heterocycles. The summed E-state index contributed by atoms with van der Waals surface area (Å²) < 4.78 is 62.5. The number of hydrogen-bond donors (Lipinski definition) is 2. The highest BCUT2D eigenvalue weighted by molar-refractivity contribution is 7.90. The largest absolute Gasteiger partial charge is 0.416 e. The van der Waals surface area contributed by atoms with E-state index in [0.29, 0.717) is 6.42 Å². The van der Waals surface area contributed by atoms with Gasteiger partial charge in [0.2, 0.25) is 15.9 Å². The third-order valence-corrected chi connectivity index (χ3v) is 4.85. The van der Waals surface area contributed by atoms with E-state index >= 15 is 0 Å². The van der Waals surface area contributed by atoms with Crippen LogP contribution in [0.25, 0.3) is 0 Å². The van der Waals surface area contributed by atoms with Gasteiger partial charge in [0.1, 0.15) is 0 Å². The summed E-state index contributed by atoms with van der Waals surface area (Å²) >= 11 is 0. The van der Waals surface area contributed by atoms with Gasteiger partial charge in [-0.15, -0.1) is 0 Å². The minimum absolute atomic E-state index is 0.0572. The first kappa shape index (κ1) is 19.4. The molecule has 9 heteroatoms. The van der Waals surface area contributed by atoms with Crippen LogP contribution in [0.2, 0.25) is 0 Å². The standard InChI is InChI=1S/C14H19F3N2O3S/c1-10(2)23(21,22)18-9-3-4-13(20)19-12-7-5-11(6-8-12)14(15,16)17/h5-8,10,18H,3-4,9H2,1-2H3,(H,19,20). The van der Waals surface area contributed by atoms with Crippen molar-refractivity contribution >= 4 is 21.6 Å². The molecule has 0 heterocycles. The summed E-state index contributed by atoms with van der Waals surface area (Å²) in [6.45, 7) is 3.21. The molecule has 0 atom stereocenters. The van der Waals surface area contributed by atoms with Crippen molar-refractivity contribution in [3.05, 3.63) is 29.8 Å². The van der Waals surface area contributed by atoms with Crippen LogP contribution in [0.4, 0.5) is 18.9 Å². The molecule has 0 bridgehead atoms. The number of hydrogen-bond acceptors (Lipinski definition) is 3. The number of benzene rings is 1. The molecule has 23 heavy (non-hydrogen) atoms. The van der Waals surface area contributed by atoms with Crippen molar-refractivity contribution in [2.75, 3.05) is 11.9 Å². The SMILES string of the molecule is CC(C)S(=O)(=O)NCCCC(=O)Nc1ccc(C(F)(F)F)cc1. The van der Waals surface area contributed by atoms with E-state index in [-0.39, 0.29) is 18.7 Å². The monoisotopic (exact) mass is 352 g/mol. The molecular formula is C14H19F3N2O3S. The maximum absolute atomic E-state index is 12.4. The van der Waals surface area contributed by atoms with Crippen LogP contribution >= 0.6 is 0 Å². The molecule has 1 rings (SSSR count). The Morgan fingerprint density at radius 3 is 2.22 bits per heavy atom. The number of anilines is 1. The van der Waals surface area contributed by atoms with Crippen LogP contribution in [-0.4, -0.2) is 26.1 Å². The molecule has 1 aromatic rings. The molecule has 1 aromatic carbocycles. The summed E-state index contributed by atoms with van der Waals surface area (Å²) in [4.78, 5) is 11.6. The first-order valence-electron chi connectivity index (χ1n) is 6.98. The van der Waals surface area contributed by atoms with Crippen molar-refractivity contribution in [3.63, 3.8) is 0 Å². The number of rotatable bonds is 7. The molecule has 0 spiro atoms. The predicted molar refractivity (Wildman–Crippen MR) is 81.4 cm³/mol. The maximum Gasteiger partial charge on any atom is 0.416 e. The number of halogens is 3. The highest BCUT2D eigenvalue weighted by atomic mass is 32.2. The zero-order chi connectivity index (χ0) is 17.7. The number of carbonyl (C=O) groups is 1. The second kappa shape index (κ2) is 7.78. The molecule has 0 aliphatic rings. The first-order valence-corrected chi connectivity index (χ1v) is 8.52. The minimum atomic E-state index is -4.42. The molecule has 0 saturated heterocycles. The summed E-state index contributed by atoms with van der Waals surface area (Å²) in [5, 5.41) is 1.91. The second-order valence-electron chi connectivity index (χ2n) is 5.21. The lowest BCUT2D eigenvalue weighted by molar-refractivity contribution is -0.137. The molecule has 0 saturated carbocycles. The Labute approximate surface area is 133 Å². The molecule has 130 valence electrons. The van der Waals surface area contributed by atoms with Gasteiger partial charge in [0.15, 0.2) is 0 Å². The Kier molecular flexibility index (Phi) is 6.57. The van der Waals surface area contributed by atoms with Gasteiger partial charge >= 0.3 is 6.18 Å². The van der Waals surface area contributed by atoms with Crippen molar-refractivity contribution < 1.29 is 26.4 Å². The third-order valence-electron chi connectivity index (χ3n) is 3.00. The van der Waals surface area contributed by atoms with Crippen molar-refractivity contribution in [1.82, 2.24) is 4.72 Å². The fraction of sp³-hybridized carbons (Fsp3) is 0.500. The van der Waals surface area contributed by atoms with Gasteiger partial charge in [-0.1, -0.05) is 0 Å². The molecule has 0 unspecified atom stereocenters. The third kappa shape index (κ3) is 6.57. The summed E-state index contributed by atoms with van der Waals surface area (Å²) in [5.74, 6) is -0.395. The van der Waals surface area contributed by atoms with Gasteiger partial charge in [0.25, 0.3) is 0 Å². The lowest BCUT2D eigenvalue weighted by Crippen LogP contribution is -2.31. The van der Waals surface area contributed by atoms with Gasteiger partial charge in [-0.2, -0.15) is 13.2 Å². The van der Waals surface area contributed by atoms with Gasteiger partial charge in [-0.3, -0.25) is 4.79 Å². The zero-order valence-electron chi connectivity index (χ0n) is 12.8. The molecule has 0 aromatic heterocycles. The highest BCUT2D eigenvalue weighted by Crippen LogP contribution is 2.29. The van der Waals surface area contributed by atoms with Crippen LogP contribution in [0.1, 0.15) is 32.3 Å². The van der Waals surface area contributed by atoms with E-state index in [1.165, 1.54) is 12.1 Å². The van der Waals surface area contributed by atoms with E-state index in [1.807, 2.05) is 0 Å². The van der Waals surface area contributed by atoms with E-state index < -0.39 is 32.9 Å². The van der Waals surface area contributed by atoms with Crippen LogP contribution in [0.5, 0.6) is 0 Å². The van der Waals surface area contributed by atoms with Crippen LogP contribution in [0.3, 0.4) is 0 Å². The Morgan fingerprint density at radius 1 is 1.17 bits per heavy atom. The fourth-order valence-electron chi connectivity index (χ4n) is 1.60. The molecule has 2 N–H and O–H groups in total. The first-order chi connectivity index (χ1) is 10.5. The van der Waals surface area contributed by atoms with Crippen molar-refractivity contribution in [2.24, 2.45) is 0 Å². The van der Waals surface area contributed by atoms with E-state index in [2.05, 4.69) is 10.0 Å². The average Bonchev–Trinajstić information content (AvgIpc) is 2.43. The van der Waals surface area contributed by atoms with Crippen LogP contribution in [-0.2, 0) is 21.0 Å². The molecule has 5 nitrogen and oxygen atoms in total. The van der Waals surface area contributed by atoms with E-state index in [4.69, 9.17) is 0 Å². The smallest absolute Gasteiger partial charge is 0.326 e. The van der Waals surface area contributed by atoms with Crippen LogP contribution in [0, 0.1) is 0 Å². The molecule has 1 amide bonds. The molecular weight excluding hydrogens is 333 g/mol. The van der Waals surface area contributed by atoms with Gasteiger partial charge in [-0.25, -0.2) is 13.1 Å². The average molecular weight is 352 g/mol. The highest BCUT2D eigenvalue weighted by Gasteiger charge is 2.29. The Bertz CT molecular complexity index is 626. The summed E-state index contributed by atoms with van der Waals surface area (Å²) in [6.07, 6.45) is -4.07. The number of alkyl halides is 3.